The van der Waals surface area contributed by atoms with Gasteiger partial charge in [0.2, 0.25) is 0 Å². The standard InChI is InChI=1S/C18H15ClF4N4O2S/c1-9(29-18(21,22)23)26-30-16-13-3-2-6-27(13)15(14(16)19)17(28)25-11-4-5-12(20)10(7-11)8-24/h4-5,7,9,26H,2-3,6H2,1H3,(H,25,28). The van der Waals surface area contributed by atoms with Gasteiger partial charge in [-0.25, -0.2) is 9.11 Å². The Labute approximate surface area is 178 Å². The fourth-order valence-electron chi connectivity index (χ4n) is 3.08. The van der Waals surface area contributed by atoms with Crippen LogP contribution in [0.5, 0.6) is 0 Å². The number of anilines is 1. The largest absolute Gasteiger partial charge is 0.524 e. The second-order valence-electron chi connectivity index (χ2n) is 6.38. The Hall–Kier alpha value is -2.26. The molecule has 1 aliphatic heterocycles. The molecule has 0 saturated carbocycles. The van der Waals surface area contributed by atoms with Crippen molar-refractivity contribution < 1.29 is 27.1 Å². The number of hydrogen-bond donors (Lipinski definition) is 2. The summed E-state index contributed by atoms with van der Waals surface area (Å²) in [6.45, 7) is 1.71. The van der Waals surface area contributed by atoms with Gasteiger partial charge in [-0.05, 0) is 49.9 Å². The summed E-state index contributed by atoms with van der Waals surface area (Å²) in [7, 11) is 0. The van der Waals surface area contributed by atoms with E-state index in [0.717, 1.165) is 30.1 Å². The van der Waals surface area contributed by atoms with Gasteiger partial charge in [-0.1, -0.05) is 11.6 Å². The second kappa shape index (κ2) is 8.85. The summed E-state index contributed by atoms with van der Waals surface area (Å²) in [5.74, 6) is -1.29. The third-order valence-corrected chi connectivity index (χ3v) is 5.83. The van der Waals surface area contributed by atoms with Crippen LogP contribution in [-0.2, 0) is 17.7 Å². The van der Waals surface area contributed by atoms with Crippen molar-refractivity contribution in [3.8, 4) is 6.07 Å². The van der Waals surface area contributed by atoms with Crippen LogP contribution in [-0.4, -0.2) is 23.1 Å². The van der Waals surface area contributed by atoms with E-state index >= 15 is 0 Å². The van der Waals surface area contributed by atoms with E-state index in [1.807, 2.05) is 0 Å². The number of nitrogens with one attached hydrogen (secondary N) is 2. The molecule has 1 aromatic heterocycles. The number of ether oxygens (including phenoxy) is 1. The van der Waals surface area contributed by atoms with E-state index in [-0.39, 0.29) is 22.0 Å². The number of alkyl halides is 3. The SMILES string of the molecule is CC(NSc1c(Cl)c(C(=O)Nc2ccc(F)c(C#N)c2)n2c1CCC2)OC(F)(F)F. The lowest BCUT2D eigenvalue weighted by Gasteiger charge is -2.16. The molecule has 0 bridgehead atoms. The maximum Gasteiger partial charge on any atom is 0.524 e. The Morgan fingerprint density at radius 3 is 2.83 bits per heavy atom. The van der Waals surface area contributed by atoms with Crippen LogP contribution in [0.2, 0.25) is 5.02 Å². The van der Waals surface area contributed by atoms with Gasteiger partial charge in [-0.3, -0.25) is 9.53 Å². The number of aromatic nitrogens is 1. The monoisotopic (exact) mass is 462 g/mol. The number of amides is 1. The lowest BCUT2D eigenvalue weighted by molar-refractivity contribution is -0.341. The van der Waals surface area contributed by atoms with Crippen LogP contribution in [0.25, 0.3) is 0 Å². The number of fused-ring (bicyclic) bond motifs is 1. The van der Waals surface area contributed by atoms with Crippen molar-refractivity contribution in [3.05, 3.63) is 46.0 Å². The van der Waals surface area contributed by atoms with Crippen molar-refractivity contribution in [2.75, 3.05) is 5.32 Å². The van der Waals surface area contributed by atoms with E-state index in [9.17, 15) is 22.4 Å². The lowest BCUT2D eigenvalue weighted by atomic mass is 10.2. The fraction of sp³-hybridized carbons (Fsp3) is 0.333. The molecule has 1 aliphatic rings. The fourth-order valence-corrected chi connectivity index (χ4v) is 4.34. The van der Waals surface area contributed by atoms with Crippen LogP contribution in [0.4, 0.5) is 23.2 Å². The zero-order valence-electron chi connectivity index (χ0n) is 15.4. The van der Waals surface area contributed by atoms with Gasteiger partial charge in [-0.15, -0.1) is 13.2 Å². The first-order valence-electron chi connectivity index (χ1n) is 8.69. The van der Waals surface area contributed by atoms with Crippen LogP contribution in [0.1, 0.15) is 35.1 Å². The van der Waals surface area contributed by atoms with Gasteiger partial charge in [-0.2, -0.15) is 5.26 Å². The van der Waals surface area contributed by atoms with E-state index < -0.39 is 24.3 Å². The third kappa shape index (κ3) is 4.89. The summed E-state index contributed by atoms with van der Waals surface area (Å²) in [5.41, 5.74) is 0.847. The average molecular weight is 463 g/mol. The molecule has 30 heavy (non-hydrogen) atoms. The summed E-state index contributed by atoms with van der Waals surface area (Å²) in [6, 6.07) is 5.25. The zero-order chi connectivity index (χ0) is 22.1. The number of nitriles is 1. The van der Waals surface area contributed by atoms with Crippen LogP contribution >= 0.6 is 23.5 Å². The van der Waals surface area contributed by atoms with Gasteiger partial charge in [0.15, 0.2) is 0 Å². The van der Waals surface area contributed by atoms with E-state index in [4.69, 9.17) is 16.9 Å². The third-order valence-electron chi connectivity index (χ3n) is 4.26. The normalized spacial score (nSPS) is 14.3. The highest BCUT2D eigenvalue weighted by molar-refractivity contribution is 7.97. The van der Waals surface area contributed by atoms with E-state index in [2.05, 4.69) is 14.8 Å². The van der Waals surface area contributed by atoms with Crippen molar-refractivity contribution in [1.29, 1.82) is 5.26 Å². The second-order valence-corrected chi connectivity index (χ2v) is 7.61. The summed E-state index contributed by atoms with van der Waals surface area (Å²) in [5, 5.41) is 11.6. The Morgan fingerprint density at radius 2 is 2.17 bits per heavy atom. The molecule has 1 aromatic carbocycles. The Bertz CT molecular complexity index is 1020. The quantitative estimate of drug-likeness (QED) is 0.365. The zero-order valence-corrected chi connectivity index (χ0v) is 17.0. The summed E-state index contributed by atoms with van der Waals surface area (Å²) in [6.07, 6.45) is -4.80. The van der Waals surface area contributed by atoms with Gasteiger partial charge in [0.05, 0.1) is 15.5 Å². The number of nitrogens with zero attached hydrogens (tertiary/aromatic N) is 2. The Kier molecular flexibility index (Phi) is 6.62. The van der Waals surface area contributed by atoms with Gasteiger partial charge < -0.3 is 9.88 Å². The molecule has 0 aliphatic carbocycles. The first-order valence-corrected chi connectivity index (χ1v) is 9.89. The van der Waals surface area contributed by atoms with E-state index in [1.54, 1.807) is 10.6 Å². The van der Waals surface area contributed by atoms with Crippen LogP contribution in [0, 0.1) is 17.1 Å². The highest BCUT2D eigenvalue weighted by atomic mass is 35.5. The van der Waals surface area contributed by atoms with Crippen molar-refractivity contribution in [2.45, 2.75) is 43.8 Å². The van der Waals surface area contributed by atoms with Gasteiger partial charge in [0.25, 0.3) is 5.91 Å². The van der Waals surface area contributed by atoms with Crippen LogP contribution in [0.15, 0.2) is 23.1 Å². The number of halogens is 5. The van der Waals surface area contributed by atoms with Crippen molar-refractivity contribution in [3.63, 3.8) is 0 Å². The predicted molar refractivity (Wildman–Crippen MR) is 102 cm³/mol. The van der Waals surface area contributed by atoms with E-state index in [1.165, 1.54) is 19.1 Å². The van der Waals surface area contributed by atoms with Crippen molar-refractivity contribution >= 4 is 35.1 Å². The van der Waals surface area contributed by atoms with Gasteiger partial charge >= 0.3 is 6.36 Å². The molecule has 2 N–H and O–H groups in total. The van der Waals surface area contributed by atoms with Crippen LogP contribution in [0.3, 0.4) is 0 Å². The smallest absolute Gasteiger partial charge is 0.338 e. The minimum absolute atomic E-state index is 0.0847. The molecule has 1 amide bonds. The first kappa shape index (κ1) is 22.4. The number of hydrogen-bond acceptors (Lipinski definition) is 5. The summed E-state index contributed by atoms with van der Waals surface area (Å²) < 4.78 is 58.5. The molecule has 12 heteroatoms. The highest BCUT2D eigenvalue weighted by Crippen LogP contribution is 2.39. The molecule has 0 fully saturated rings. The molecule has 2 heterocycles. The average Bonchev–Trinajstić information content (AvgIpc) is 3.20. The number of carbonyl (C=O) groups is 1. The number of carbonyl (C=O) groups excluding carboxylic acids is 1. The van der Waals surface area contributed by atoms with Crippen molar-refractivity contribution in [1.82, 2.24) is 9.29 Å². The highest BCUT2D eigenvalue weighted by Gasteiger charge is 2.33. The molecule has 1 unspecified atom stereocenters. The topological polar surface area (TPSA) is 79.1 Å². The molecule has 0 saturated heterocycles. The summed E-state index contributed by atoms with van der Waals surface area (Å²) in [4.78, 5) is 13.3. The molecule has 0 spiro atoms. The molecule has 2 aromatic rings. The van der Waals surface area contributed by atoms with E-state index in [0.29, 0.717) is 17.9 Å². The maximum absolute atomic E-state index is 13.5. The van der Waals surface area contributed by atoms with Gasteiger partial charge in [0, 0.05) is 17.9 Å². The number of benzene rings is 1. The minimum atomic E-state index is -4.79. The van der Waals surface area contributed by atoms with Crippen molar-refractivity contribution in [2.24, 2.45) is 0 Å². The molecule has 3 rings (SSSR count). The maximum atomic E-state index is 13.5. The lowest BCUT2D eigenvalue weighted by Crippen LogP contribution is -2.30. The Balaban J connectivity index is 1.82. The molecule has 1 atom stereocenters. The molecule has 6 nitrogen and oxygen atoms in total. The number of rotatable bonds is 6. The Morgan fingerprint density at radius 1 is 1.43 bits per heavy atom. The minimum Gasteiger partial charge on any atom is -0.338 e. The van der Waals surface area contributed by atoms with Crippen LogP contribution < -0.4 is 10.0 Å². The summed E-state index contributed by atoms with van der Waals surface area (Å²) >= 11 is 7.24. The first-order chi connectivity index (χ1) is 14.1. The molecule has 160 valence electrons. The predicted octanol–water partition coefficient (Wildman–Crippen LogP) is 4.83. The molecular weight excluding hydrogens is 448 g/mol. The molecular formula is C18H15ClF4N4O2S. The molecule has 0 radical (unpaired) electrons. The van der Waals surface area contributed by atoms with Gasteiger partial charge in [0.1, 0.15) is 23.8 Å².